The number of methoxy groups -OCH3 is 1. The van der Waals surface area contributed by atoms with Crippen molar-refractivity contribution < 1.29 is 38.2 Å². The summed E-state index contributed by atoms with van der Waals surface area (Å²) in [6.07, 6.45) is 4.76. The molecule has 2 aromatic heterocycles. The van der Waals surface area contributed by atoms with E-state index >= 15 is 0 Å². The number of aldehydes is 1. The molecule has 16 heteroatoms. The first-order chi connectivity index (χ1) is 26.6. The van der Waals surface area contributed by atoms with Crippen LogP contribution in [0.25, 0.3) is 22.3 Å². The fraction of sp³-hybridized carbons (Fsp3) is 0.525. The Hall–Kier alpha value is -4.57. The van der Waals surface area contributed by atoms with Crippen molar-refractivity contribution in [3.8, 4) is 22.9 Å². The van der Waals surface area contributed by atoms with Gasteiger partial charge in [0, 0.05) is 35.1 Å². The molecule has 4 amide bonds. The smallest absolute Gasteiger partial charge is 0.408 e. The number of amides is 4. The van der Waals surface area contributed by atoms with Crippen molar-refractivity contribution in [3.05, 3.63) is 40.7 Å². The van der Waals surface area contributed by atoms with Gasteiger partial charge in [-0.05, 0) is 65.6 Å². The number of benzene rings is 1. The predicted molar refractivity (Wildman–Crippen MR) is 215 cm³/mol. The van der Waals surface area contributed by atoms with E-state index in [-0.39, 0.29) is 36.8 Å². The summed E-state index contributed by atoms with van der Waals surface area (Å²) in [5.41, 5.74) is -0.379. The number of nitrogens with one attached hydrogen (secondary N) is 3. The maximum Gasteiger partial charge on any atom is 0.408 e. The van der Waals surface area contributed by atoms with Gasteiger partial charge < -0.3 is 39.9 Å². The molecule has 0 radical (unpaired) electrons. The van der Waals surface area contributed by atoms with Gasteiger partial charge in [-0.2, -0.15) is 0 Å². The molecule has 1 saturated heterocycles. The number of anilines is 1. The third-order valence-electron chi connectivity index (χ3n) is 10.6. The van der Waals surface area contributed by atoms with Gasteiger partial charge in [-0.1, -0.05) is 40.7 Å². The molecule has 2 aliphatic carbocycles. The van der Waals surface area contributed by atoms with Crippen LogP contribution in [0.15, 0.2) is 40.7 Å². The van der Waals surface area contributed by atoms with E-state index < -0.39 is 47.0 Å². The number of carbonyl (C=O) groups excluding carboxylic acids is 5. The molecule has 5 atom stereocenters. The number of rotatable bonds is 13. The number of aromatic nitrogens is 2. The van der Waals surface area contributed by atoms with E-state index in [1.807, 2.05) is 26.8 Å². The Labute approximate surface area is 338 Å². The molecule has 1 aliphatic heterocycles. The molecule has 3 aliphatic rings. The number of ether oxygens (including phenoxy) is 3. The van der Waals surface area contributed by atoms with E-state index in [9.17, 15) is 24.0 Å². The van der Waals surface area contributed by atoms with Crippen LogP contribution in [-0.2, 0) is 23.9 Å². The fourth-order valence-corrected chi connectivity index (χ4v) is 8.50. The lowest BCUT2D eigenvalue weighted by atomic mass is 9.85. The lowest BCUT2D eigenvalue weighted by Gasteiger charge is -2.35. The number of thiazole rings is 1. The number of hydrogen-bond donors (Lipinski definition) is 3. The Morgan fingerprint density at radius 2 is 1.82 bits per heavy atom. The fourth-order valence-electron chi connectivity index (χ4n) is 7.19. The molecule has 1 aromatic carbocycles. The number of hydrogen-bond acceptors (Lipinski definition) is 11. The van der Waals surface area contributed by atoms with Gasteiger partial charge in [-0.3, -0.25) is 14.4 Å². The van der Waals surface area contributed by atoms with Gasteiger partial charge >= 0.3 is 6.09 Å². The minimum atomic E-state index is -1.10. The Bertz CT molecular complexity index is 2030. The summed E-state index contributed by atoms with van der Waals surface area (Å²) in [5, 5.41) is 11.4. The summed E-state index contributed by atoms with van der Waals surface area (Å²) in [7, 11) is 1.55. The molecule has 3 heterocycles. The maximum atomic E-state index is 14.6. The van der Waals surface area contributed by atoms with Gasteiger partial charge in [0.2, 0.25) is 17.7 Å². The second kappa shape index (κ2) is 16.5. The van der Waals surface area contributed by atoms with E-state index in [1.165, 1.54) is 16.2 Å². The largest absolute Gasteiger partial charge is 0.495 e. The average Bonchev–Trinajstić information content (AvgIpc) is 3.59. The highest BCUT2D eigenvalue weighted by atomic mass is 79.9. The molecular formula is C40H49BrN6O8S. The summed E-state index contributed by atoms with van der Waals surface area (Å²) >= 11 is 4.90. The highest BCUT2D eigenvalue weighted by Crippen LogP contribution is 2.44. The SMILES string of the molecule is C=C[C@@H]1C[C@@]1(C=O)NC(=O)[C@@H]1C[C@H](Oc2cc(-c3csc(NC(=O)C(C)C)n3)nc3c(Br)c(OC)ccc23)CN1C(=O)[C@@H](NC(=O)OC1CCCC1)C(C)(C)C. The third-order valence-corrected chi connectivity index (χ3v) is 12.1. The lowest BCUT2D eigenvalue weighted by Crippen LogP contribution is -2.58. The Balaban J connectivity index is 1.33. The number of nitrogens with zero attached hydrogens (tertiary/aromatic N) is 3. The first kappa shape index (κ1) is 41.1. The molecule has 3 N–H and O–H groups in total. The van der Waals surface area contributed by atoms with Crippen LogP contribution >= 0.6 is 27.3 Å². The van der Waals surface area contributed by atoms with Crippen molar-refractivity contribution in [1.29, 1.82) is 0 Å². The van der Waals surface area contributed by atoms with E-state index in [1.54, 1.807) is 44.5 Å². The lowest BCUT2D eigenvalue weighted by molar-refractivity contribution is -0.142. The maximum absolute atomic E-state index is 14.6. The molecule has 14 nitrogen and oxygen atoms in total. The van der Waals surface area contributed by atoms with Crippen LogP contribution in [-0.4, -0.2) is 88.5 Å². The number of halogens is 1. The molecule has 3 aromatic rings. The van der Waals surface area contributed by atoms with Crippen LogP contribution in [0.3, 0.4) is 0 Å². The Morgan fingerprint density at radius 1 is 1.09 bits per heavy atom. The summed E-state index contributed by atoms with van der Waals surface area (Å²) in [5.74, 6) is -0.648. The van der Waals surface area contributed by atoms with Crippen LogP contribution < -0.4 is 25.4 Å². The summed E-state index contributed by atoms with van der Waals surface area (Å²) in [4.78, 5) is 77.4. The number of likely N-dealkylation sites (tertiary alicyclic amines) is 1. The average molecular weight is 854 g/mol. The molecule has 0 bridgehead atoms. The normalized spacial score (nSPS) is 22.7. The van der Waals surface area contributed by atoms with E-state index in [2.05, 4.69) is 43.4 Å². The second-order valence-corrected chi connectivity index (χ2v) is 17.7. The van der Waals surface area contributed by atoms with Gasteiger partial charge in [-0.25, -0.2) is 14.8 Å². The van der Waals surface area contributed by atoms with Gasteiger partial charge in [-0.15, -0.1) is 17.9 Å². The molecule has 300 valence electrons. The topological polar surface area (TPSA) is 178 Å². The van der Waals surface area contributed by atoms with Crippen molar-refractivity contribution in [2.45, 2.75) is 103 Å². The van der Waals surface area contributed by atoms with Crippen LogP contribution in [0.4, 0.5) is 9.93 Å². The van der Waals surface area contributed by atoms with E-state index in [0.717, 1.165) is 32.0 Å². The molecule has 2 saturated carbocycles. The highest BCUT2D eigenvalue weighted by molar-refractivity contribution is 9.10. The summed E-state index contributed by atoms with van der Waals surface area (Å²) < 4.78 is 18.5. The zero-order valence-electron chi connectivity index (χ0n) is 32.5. The van der Waals surface area contributed by atoms with Crippen LogP contribution in [0.5, 0.6) is 11.5 Å². The summed E-state index contributed by atoms with van der Waals surface area (Å²) in [6, 6.07) is 3.26. The van der Waals surface area contributed by atoms with Gasteiger partial charge in [0.1, 0.15) is 53.3 Å². The number of carbonyl (C=O) groups is 5. The van der Waals surface area contributed by atoms with Gasteiger partial charge in [0.05, 0.1) is 29.3 Å². The first-order valence-corrected chi connectivity index (χ1v) is 20.5. The number of pyridine rings is 1. The van der Waals surface area contributed by atoms with Crippen molar-refractivity contribution in [1.82, 2.24) is 25.5 Å². The van der Waals surface area contributed by atoms with E-state index in [0.29, 0.717) is 49.8 Å². The van der Waals surface area contributed by atoms with Crippen molar-refractivity contribution in [2.75, 3.05) is 19.0 Å². The molecule has 56 heavy (non-hydrogen) atoms. The zero-order chi connectivity index (χ0) is 40.5. The zero-order valence-corrected chi connectivity index (χ0v) is 34.9. The minimum Gasteiger partial charge on any atom is -0.495 e. The Kier molecular flexibility index (Phi) is 12.1. The van der Waals surface area contributed by atoms with Crippen molar-refractivity contribution >= 4 is 73.4 Å². The van der Waals surface area contributed by atoms with Crippen LogP contribution in [0.1, 0.15) is 73.1 Å². The predicted octanol–water partition coefficient (Wildman–Crippen LogP) is 6.42. The quantitative estimate of drug-likeness (QED) is 0.129. The molecule has 3 fully saturated rings. The van der Waals surface area contributed by atoms with Gasteiger partial charge in [0.15, 0.2) is 5.13 Å². The van der Waals surface area contributed by atoms with E-state index in [4.69, 9.17) is 19.2 Å². The third kappa shape index (κ3) is 8.70. The second-order valence-electron chi connectivity index (χ2n) is 16.1. The molecule has 6 rings (SSSR count). The van der Waals surface area contributed by atoms with Crippen LogP contribution in [0, 0.1) is 17.3 Å². The number of alkyl carbamates (subject to hydrolysis) is 1. The van der Waals surface area contributed by atoms with Crippen LogP contribution in [0.2, 0.25) is 0 Å². The Morgan fingerprint density at radius 3 is 2.45 bits per heavy atom. The summed E-state index contributed by atoms with van der Waals surface area (Å²) in [6.45, 7) is 12.9. The molecule has 0 unspecified atom stereocenters. The minimum absolute atomic E-state index is 0.000383. The standard InChI is InChI=1S/C40H49BrN6O8S/c1-8-22-17-40(22,20-48)46-35(50)28-15-24(18-47(28)36(51)33(39(4,5)6)44-38(52)55-23-11-9-10-12-23)54-30-16-26(27-19-56-37(43-27)45-34(49)21(2)3)42-32-25(30)13-14-29(53-7)31(32)41/h8,13-14,16,19-24,28,33H,1,9-12,15,17-18H2,2-7H3,(H,44,52)(H,46,50)(H,43,45,49)/t22-,24+,28+,33-,40+/m1/s1. The van der Waals surface area contributed by atoms with Crippen molar-refractivity contribution in [2.24, 2.45) is 17.3 Å². The molecule has 0 spiro atoms. The molecular weight excluding hydrogens is 804 g/mol. The highest BCUT2D eigenvalue weighted by Gasteiger charge is 2.56. The van der Waals surface area contributed by atoms with Gasteiger partial charge in [0.25, 0.3) is 0 Å². The first-order valence-electron chi connectivity index (χ1n) is 18.9. The van der Waals surface area contributed by atoms with Crippen molar-refractivity contribution in [3.63, 3.8) is 0 Å². The monoisotopic (exact) mass is 852 g/mol. The number of fused-ring (bicyclic) bond motifs is 1.